The number of hydrogen-bond acceptors (Lipinski definition) is 4. The molecule has 1 atom stereocenters. The van der Waals surface area contributed by atoms with Crippen LogP contribution in [-0.2, 0) is 19.6 Å². The topological polar surface area (TPSA) is 91.8 Å². The van der Waals surface area contributed by atoms with Crippen LogP contribution in [0.1, 0.15) is 25.5 Å². The van der Waals surface area contributed by atoms with Crippen LogP contribution in [0.2, 0.25) is 0 Å². The second-order valence-electron chi connectivity index (χ2n) is 4.77. The van der Waals surface area contributed by atoms with Crippen molar-refractivity contribution in [1.29, 1.82) is 0 Å². The maximum absolute atomic E-state index is 12.0. The van der Waals surface area contributed by atoms with E-state index in [1.807, 2.05) is 0 Å². The summed E-state index contributed by atoms with van der Waals surface area (Å²) in [5.41, 5.74) is 0.252. The predicted molar refractivity (Wildman–Crippen MR) is 66.7 cm³/mol. The fraction of sp³-hybridized carbons (Fsp3) is 0.333. The largest absolute Gasteiger partial charge is 0.479 e. The normalized spacial score (nSPS) is 21.6. The third-order valence-electron chi connectivity index (χ3n) is 3.20. The first-order chi connectivity index (χ1) is 8.71. The molecular weight excluding hydrogens is 270 g/mol. The quantitative estimate of drug-likeness (QED) is 0.884. The number of nitrogens with zero attached hydrogens (tertiary/aromatic N) is 1. The Bertz CT molecular complexity index is 635. The summed E-state index contributed by atoms with van der Waals surface area (Å²) in [4.78, 5) is 23.2. The molecule has 1 fully saturated rings. The standard InChI is InChI=1S/C12H13NO5S/c1-12(2)11(16)13(19(12,17)18)9(10(14)15)8-6-4-3-5-7-8/h3-7,9H,1-2H3,(H,14,15)/t9-/m1/s1. The minimum absolute atomic E-state index is 0.252. The first kappa shape index (κ1) is 13.5. The maximum atomic E-state index is 12.0. The first-order valence-corrected chi connectivity index (χ1v) is 7.01. The van der Waals surface area contributed by atoms with Crippen LogP contribution in [0.15, 0.2) is 30.3 Å². The van der Waals surface area contributed by atoms with Gasteiger partial charge in [-0.1, -0.05) is 30.3 Å². The zero-order valence-electron chi connectivity index (χ0n) is 10.4. The maximum Gasteiger partial charge on any atom is 0.332 e. The average molecular weight is 283 g/mol. The highest BCUT2D eigenvalue weighted by atomic mass is 32.2. The Hall–Kier alpha value is -1.89. The zero-order valence-corrected chi connectivity index (χ0v) is 11.2. The predicted octanol–water partition coefficient (Wildman–Crippen LogP) is 0.763. The number of carbonyl (C=O) groups excluding carboxylic acids is 1. The lowest BCUT2D eigenvalue weighted by atomic mass is 10.1. The molecule has 0 radical (unpaired) electrons. The van der Waals surface area contributed by atoms with Crippen molar-refractivity contribution in [3.05, 3.63) is 35.9 Å². The van der Waals surface area contributed by atoms with Gasteiger partial charge < -0.3 is 5.11 Å². The summed E-state index contributed by atoms with van der Waals surface area (Å²) in [7, 11) is -3.94. The van der Waals surface area contributed by atoms with Gasteiger partial charge in [0.25, 0.3) is 15.9 Å². The summed E-state index contributed by atoms with van der Waals surface area (Å²) in [5, 5.41) is 9.22. The SMILES string of the molecule is CC1(C)C(=O)N([C@@H](C(=O)O)c2ccccc2)S1(=O)=O. The van der Waals surface area contributed by atoms with E-state index in [1.54, 1.807) is 18.2 Å². The van der Waals surface area contributed by atoms with Gasteiger partial charge in [-0.25, -0.2) is 17.5 Å². The molecule has 1 amide bonds. The van der Waals surface area contributed by atoms with Gasteiger partial charge in [0.15, 0.2) is 10.8 Å². The number of carbonyl (C=O) groups is 2. The Morgan fingerprint density at radius 1 is 1.26 bits per heavy atom. The van der Waals surface area contributed by atoms with E-state index in [9.17, 15) is 23.1 Å². The van der Waals surface area contributed by atoms with Crippen molar-refractivity contribution >= 4 is 21.9 Å². The molecule has 7 heteroatoms. The van der Waals surface area contributed by atoms with Gasteiger partial charge in [0, 0.05) is 0 Å². The average Bonchev–Trinajstić information content (AvgIpc) is 2.35. The highest BCUT2D eigenvalue weighted by molar-refractivity contribution is 7.94. The van der Waals surface area contributed by atoms with E-state index >= 15 is 0 Å². The smallest absolute Gasteiger partial charge is 0.332 e. The summed E-state index contributed by atoms with van der Waals surface area (Å²) in [6, 6.07) is 6.31. The van der Waals surface area contributed by atoms with Gasteiger partial charge in [0.05, 0.1) is 0 Å². The molecule has 1 aliphatic rings. The van der Waals surface area contributed by atoms with E-state index in [2.05, 4.69) is 0 Å². The lowest BCUT2D eigenvalue weighted by Crippen LogP contribution is -2.68. The minimum Gasteiger partial charge on any atom is -0.479 e. The van der Waals surface area contributed by atoms with Crippen LogP contribution in [0.3, 0.4) is 0 Å². The monoisotopic (exact) mass is 283 g/mol. The number of sulfonamides is 1. The Morgan fingerprint density at radius 2 is 1.79 bits per heavy atom. The van der Waals surface area contributed by atoms with Gasteiger partial charge in [0.1, 0.15) is 0 Å². The second kappa shape index (κ2) is 4.06. The van der Waals surface area contributed by atoms with Crippen LogP contribution >= 0.6 is 0 Å². The van der Waals surface area contributed by atoms with E-state index in [-0.39, 0.29) is 5.56 Å². The van der Waals surface area contributed by atoms with Gasteiger partial charge in [-0.2, -0.15) is 0 Å². The van der Waals surface area contributed by atoms with Crippen LogP contribution in [0.4, 0.5) is 0 Å². The highest BCUT2D eigenvalue weighted by Crippen LogP contribution is 2.41. The number of carboxylic acid groups (broad SMARTS) is 1. The molecule has 1 heterocycles. The zero-order chi connectivity index (χ0) is 14.4. The minimum atomic E-state index is -3.94. The van der Waals surface area contributed by atoms with Crippen LogP contribution in [0.25, 0.3) is 0 Å². The lowest BCUT2D eigenvalue weighted by Gasteiger charge is -2.45. The molecule has 6 nitrogen and oxygen atoms in total. The Labute approximate surface area is 110 Å². The van der Waals surface area contributed by atoms with Crippen molar-refractivity contribution < 1.29 is 23.1 Å². The second-order valence-corrected chi connectivity index (χ2v) is 7.13. The number of carboxylic acids is 1. The summed E-state index contributed by atoms with van der Waals surface area (Å²) in [6.45, 7) is 2.54. The van der Waals surface area contributed by atoms with E-state index in [1.165, 1.54) is 26.0 Å². The van der Waals surface area contributed by atoms with Gasteiger partial charge >= 0.3 is 5.97 Å². The highest BCUT2D eigenvalue weighted by Gasteiger charge is 2.63. The Balaban J connectivity index is 2.50. The fourth-order valence-corrected chi connectivity index (χ4v) is 3.58. The Morgan fingerprint density at radius 3 is 2.21 bits per heavy atom. The number of aliphatic carboxylic acids is 1. The molecule has 0 unspecified atom stereocenters. The number of amides is 1. The molecule has 1 N–H and O–H groups in total. The van der Waals surface area contributed by atoms with E-state index < -0.39 is 32.7 Å². The number of benzene rings is 1. The van der Waals surface area contributed by atoms with Gasteiger partial charge in [0.2, 0.25) is 0 Å². The van der Waals surface area contributed by atoms with Crippen molar-refractivity contribution in [3.63, 3.8) is 0 Å². The molecule has 1 aromatic rings. The summed E-state index contributed by atoms with van der Waals surface area (Å²) in [6.07, 6.45) is 0. The fourth-order valence-electron chi connectivity index (χ4n) is 1.96. The summed E-state index contributed by atoms with van der Waals surface area (Å²) < 4.78 is 23.0. The molecule has 0 spiro atoms. The van der Waals surface area contributed by atoms with E-state index in [0.717, 1.165) is 0 Å². The van der Waals surface area contributed by atoms with E-state index in [0.29, 0.717) is 4.31 Å². The van der Waals surface area contributed by atoms with Gasteiger partial charge in [-0.15, -0.1) is 0 Å². The van der Waals surface area contributed by atoms with Crippen molar-refractivity contribution in [1.82, 2.24) is 4.31 Å². The molecule has 0 aromatic heterocycles. The molecule has 1 aliphatic heterocycles. The third-order valence-corrected chi connectivity index (χ3v) is 5.56. The van der Waals surface area contributed by atoms with Crippen molar-refractivity contribution in [2.75, 3.05) is 0 Å². The molecule has 2 rings (SSSR count). The van der Waals surface area contributed by atoms with Crippen LogP contribution in [0.5, 0.6) is 0 Å². The first-order valence-electron chi connectivity index (χ1n) is 5.57. The molecule has 102 valence electrons. The summed E-state index contributed by atoms with van der Waals surface area (Å²) in [5.74, 6) is -2.08. The molecule has 0 bridgehead atoms. The van der Waals surface area contributed by atoms with Crippen molar-refractivity contribution in [3.8, 4) is 0 Å². The van der Waals surface area contributed by atoms with E-state index in [4.69, 9.17) is 0 Å². The van der Waals surface area contributed by atoms with Crippen molar-refractivity contribution in [2.45, 2.75) is 24.6 Å². The van der Waals surface area contributed by atoms with Gasteiger partial charge in [-0.05, 0) is 19.4 Å². The molecular formula is C12H13NO5S. The Kier molecular flexibility index (Phi) is 2.89. The van der Waals surface area contributed by atoms with Gasteiger partial charge in [-0.3, -0.25) is 4.79 Å². The third kappa shape index (κ3) is 1.73. The number of hydrogen-bond donors (Lipinski definition) is 1. The summed E-state index contributed by atoms with van der Waals surface area (Å²) >= 11 is 0. The van der Waals surface area contributed by atoms with Crippen molar-refractivity contribution in [2.24, 2.45) is 0 Å². The molecule has 0 aliphatic carbocycles. The van der Waals surface area contributed by atoms with Crippen LogP contribution < -0.4 is 0 Å². The molecule has 1 aromatic carbocycles. The molecule has 1 saturated heterocycles. The lowest BCUT2D eigenvalue weighted by molar-refractivity contribution is -0.149. The van der Waals surface area contributed by atoms with Crippen LogP contribution in [0, 0.1) is 0 Å². The number of rotatable bonds is 3. The van der Waals surface area contributed by atoms with Crippen LogP contribution in [-0.4, -0.2) is 34.5 Å². The molecule has 19 heavy (non-hydrogen) atoms. The molecule has 0 saturated carbocycles.